The molecule has 1 atom stereocenters. The number of hydrogen-bond acceptors (Lipinski definition) is 4. The number of pyridine rings is 1. The smallest absolute Gasteiger partial charge is 0.260 e. The highest BCUT2D eigenvalue weighted by Crippen LogP contribution is 2.34. The zero-order chi connectivity index (χ0) is 26.5. The molecule has 1 heterocycles. The summed E-state index contributed by atoms with van der Waals surface area (Å²) in [7, 11) is 0. The number of aromatic nitrogens is 1. The van der Waals surface area contributed by atoms with E-state index in [9.17, 15) is 14.0 Å². The molecule has 194 valence electrons. The number of benzene rings is 2. The lowest BCUT2D eigenvalue weighted by atomic mass is 9.99. The number of hydrogen-bond donors (Lipinski definition) is 2. The second-order valence-electron chi connectivity index (χ2n) is 10.1. The molecule has 6 nitrogen and oxygen atoms in total. The van der Waals surface area contributed by atoms with Crippen molar-refractivity contribution in [2.24, 2.45) is 0 Å². The van der Waals surface area contributed by atoms with Crippen LogP contribution in [0.15, 0.2) is 60.8 Å². The standard InChI is InChI=1S/C30H35FN4O2/c1-19(2)33-27-17-14-23(18-32-27)30(37)35(26-11-7-8-20(3)21(26)4)28(22-12-15-24(31)16-13-22)29(36)34-25-9-5-6-10-25/h7-8,11-19,25,28H,5-6,9-10H2,1-4H3,(H,32,33)(H,34,36). The van der Waals surface area contributed by atoms with Gasteiger partial charge in [-0.25, -0.2) is 9.37 Å². The van der Waals surface area contributed by atoms with E-state index in [4.69, 9.17) is 0 Å². The van der Waals surface area contributed by atoms with E-state index in [0.717, 1.165) is 36.8 Å². The summed E-state index contributed by atoms with van der Waals surface area (Å²) in [6, 6.07) is 14.3. The van der Waals surface area contributed by atoms with Crippen LogP contribution in [0, 0.1) is 19.7 Å². The minimum Gasteiger partial charge on any atom is -0.368 e. The molecule has 2 aromatic carbocycles. The predicted octanol–water partition coefficient (Wildman–Crippen LogP) is 6.10. The molecule has 0 radical (unpaired) electrons. The van der Waals surface area contributed by atoms with Crippen molar-refractivity contribution in [1.82, 2.24) is 10.3 Å². The lowest BCUT2D eigenvalue weighted by molar-refractivity contribution is -0.123. The number of nitrogens with one attached hydrogen (secondary N) is 2. The van der Waals surface area contributed by atoms with Crippen molar-refractivity contribution in [2.75, 3.05) is 10.2 Å². The maximum absolute atomic E-state index is 14.2. The van der Waals surface area contributed by atoms with Crippen LogP contribution in [-0.4, -0.2) is 28.9 Å². The lowest BCUT2D eigenvalue weighted by Crippen LogP contribution is -2.46. The van der Waals surface area contributed by atoms with Gasteiger partial charge in [0.15, 0.2) is 0 Å². The van der Waals surface area contributed by atoms with Crippen molar-refractivity contribution in [3.63, 3.8) is 0 Å². The largest absolute Gasteiger partial charge is 0.368 e. The molecule has 1 fully saturated rings. The van der Waals surface area contributed by atoms with Crippen LogP contribution in [0.5, 0.6) is 0 Å². The monoisotopic (exact) mass is 502 g/mol. The summed E-state index contributed by atoms with van der Waals surface area (Å²) in [5.41, 5.74) is 3.42. The van der Waals surface area contributed by atoms with Crippen molar-refractivity contribution >= 4 is 23.3 Å². The number of nitrogens with zero attached hydrogens (tertiary/aromatic N) is 2. The van der Waals surface area contributed by atoms with E-state index in [2.05, 4.69) is 15.6 Å². The molecule has 2 N–H and O–H groups in total. The summed E-state index contributed by atoms with van der Waals surface area (Å²) in [4.78, 5) is 34.0. The van der Waals surface area contributed by atoms with Crippen LogP contribution in [0.3, 0.4) is 0 Å². The van der Waals surface area contributed by atoms with Gasteiger partial charge >= 0.3 is 0 Å². The summed E-state index contributed by atoms with van der Waals surface area (Å²) < 4.78 is 13.9. The van der Waals surface area contributed by atoms with Gasteiger partial charge in [0, 0.05) is 24.0 Å². The molecule has 3 aromatic rings. The average molecular weight is 503 g/mol. The zero-order valence-corrected chi connectivity index (χ0v) is 21.9. The molecular weight excluding hydrogens is 467 g/mol. The Morgan fingerprint density at radius 2 is 1.70 bits per heavy atom. The number of halogens is 1. The quantitative estimate of drug-likeness (QED) is 0.390. The number of aryl methyl sites for hydroxylation is 1. The Labute approximate surface area is 218 Å². The van der Waals surface area contributed by atoms with Crippen molar-refractivity contribution in [2.45, 2.75) is 71.5 Å². The predicted molar refractivity (Wildman–Crippen MR) is 145 cm³/mol. The molecule has 2 amide bonds. The van der Waals surface area contributed by atoms with Gasteiger partial charge in [0.25, 0.3) is 5.91 Å². The minimum absolute atomic E-state index is 0.0639. The molecule has 37 heavy (non-hydrogen) atoms. The van der Waals surface area contributed by atoms with Gasteiger partial charge < -0.3 is 10.6 Å². The van der Waals surface area contributed by atoms with Crippen LogP contribution < -0.4 is 15.5 Å². The molecule has 0 saturated heterocycles. The van der Waals surface area contributed by atoms with Gasteiger partial charge in [0.1, 0.15) is 17.7 Å². The summed E-state index contributed by atoms with van der Waals surface area (Å²) in [6.45, 7) is 7.94. The number of anilines is 2. The summed E-state index contributed by atoms with van der Waals surface area (Å²) in [5, 5.41) is 6.39. The van der Waals surface area contributed by atoms with Crippen LogP contribution in [-0.2, 0) is 4.79 Å². The molecule has 0 spiro atoms. The fourth-order valence-electron chi connectivity index (χ4n) is 4.82. The number of carbonyl (C=O) groups excluding carboxylic acids is 2. The molecular formula is C30H35FN4O2. The van der Waals surface area contributed by atoms with Crippen LogP contribution >= 0.6 is 0 Å². The lowest BCUT2D eigenvalue weighted by Gasteiger charge is -2.33. The Morgan fingerprint density at radius 1 is 1.00 bits per heavy atom. The van der Waals surface area contributed by atoms with E-state index in [1.54, 1.807) is 24.3 Å². The first kappa shape index (κ1) is 26.3. The van der Waals surface area contributed by atoms with Crippen molar-refractivity contribution in [3.8, 4) is 0 Å². The molecule has 0 bridgehead atoms. The first-order valence-electron chi connectivity index (χ1n) is 12.9. The molecule has 4 rings (SSSR count). The molecule has 0 aliphatic heterocycles. The van der Waals surface area contributed by atoms with Gasteiger partial charge in [-0.2, -0.15) is 0 Å². The maximum atomic E-state index is 14.2. The molecule has 1 saturated carbocycles. The maximum Gasteiger partial charge on any atom is 0.260 e. The fraction of sp³-hybridized carbons (Fsp3) is 0.367. The van der Waals surface area contributed by atoms with Crippen LogP contribution in [0.4, 0.5) is 15.9 Å². The first-order chi connectivity index (χ1) is 17.7. The second kappa shape index (κ2) is 11.5. The molecule has 1 aliphatic carbocycles. The minimum atomic E-state index is -0.984. The van der Waals surface area contributed by atoms with Gasteiger partial charge in [0.2, 0.25) is 5.91 Å². The normalized spacial score (nSPS) is 14.4. The molecule has 7 heteroatoms. The topological polar surface area (TPSA) is 74.3 Å². The van der Waals surface area contributed by atoms with Crippen molar-refractivity contribution in [1.29, 1.82) is 0 Å². The Bertz CT molecular complexity index is 1240. The van der Waals surface area contributed by atoms with Crippen molar-refractivity contribution in [3.05, 3.63) is 88.9 Å². The summed E-state index contributed by atoms with van der Waals surface area (Å²) in [5.74, 6) is -0.369. The third-order valence-electron chi connectivity index (χ3n) is 6.90. The fourth-order valence-corrected chi connectivity index (χ4v) is 4.82. The van der Waals surface area contributed by atoms with Gasteiger partial charge in [0.05, 0.1) is 5.56 Å². The molecule has 1 aliphatic rings. The van der Waals surface area contributed by atoms with Gasteiger partial charge in [-0.05, 0) is 87.6 Å². The van der Waals surface area contributed by atoms with Crippen LogP contribution in [0.25, 0.3) is 0 Å². The van der Waals surface area contributed by atoms with E-state index in [-0.39, 0.29) is 23.9 Å². The Morgan fingerprint density at radius 3 is 2.32 bits per heavy atom. The van der Waals surface area contributed by atoms with Gasteiger partial charge in [-0.1, -0.05) is 37.1 Å². The number of carbonyl (C=O) groups is 2. The Balaban J connectivity index is 1.82. The number of amides is 2. The summed E-state index contributed by atoms with van der Waals surface area (Å²) >= 11 is 0. The van der Waals surface area contributed by atoms with E-state index < -0.39 is 11.9 Å². The Kier molecular flexibility index (Phi) is 8.21. The average Bonchev–Trinajstić information content (AvgIpc) is 3.38. The van der Waals surface area contributed by atoms with E-state index in [1.807, 2.05) is 45.9 Å². The third-order valence-corrected chi connectivity index (χ3v) is 6.90. The van der Waals surface area contributed by atoms with E-state index in [0.29, 0.717) is 22.6 Å². The van der Waals surface area contributed by atoms with Crippen LogP contribution in [0.2, 0.25) is 0 Å². The third kappa shape index (κ3) is 6.16. The van der Waals surface area contributed by atoms with Crippen molar-refractivity contribution < 1.29 is 14.0 Å². The van der Waals surface area contributed by atoms with Gasteiger partial charge in [-0.3, -0.25) is 14.5 Å². The highest BCUT2D eigenvalue weighted by atomic mass is 19.1. The highest BCUT2D eigenvalue weighted by molar-refractivity contribution is 6.10. The zero-order valence-electron chi connectivity index (χ0n) is 21.9. The summed E-state index contributed by atoms with van der Waals surface area (Å²) in [6.07, 6.45) is 5.48. The second-order valence-corrected chi connectivity index (χ2v) is 10.1. The first-order valence-corrected chi connectivity index (χ1v) is 12.9. The van der Waals surface area contributed by atoms with Crippen LogP contribution in [0.1, 0.15) is 72.6 Å². The highest BCUT2D eigenvalue weighted by Gasteiger charge is 2.35. The van der Waals surface area contributed by atoms with Gasteiger partial charge in [-0.15, -0.1) is 0 Å². The Hall–Kier alpha value is -3.74. The number of rotatable bonds is 8. The van der Waals surface area contributed by atoms with E-state index in [1.165, 1.54) is 23.2 Å². The molecule has 1 unspecified atom stereocenters. The molecule has 1 aromatic heterocycles. The van der Waals surface area contributed by atoms with E-state index >= 15 is 0 Å². The SMILES string of the molecule is Cc1cccc(N(C(=O)c2ccc(NC(C)C)nc2)C(C(=O)NC2CCCC2)c2ccc(F)cc2)c1C.